The summed E-state index contributed by atoms with van der Waals surface area (Å²) < 4.78 is 2.02. The average molecular weight is 421 g/mol. The summed E-state index contributed by atoms with van der Waals surface area (Å²) >= 11 is 0. The molecule has 0 spiro atoms. The van der Waals surface area contributed by atoms with Gasteiger partial charge in [0.2, 0.25) is 0 Å². The number of fused-ring (bicyclic) bond motifs is 1. The molecule has 0 saturated carbocycles. The number of carboxylic acids is 2. The van der Waals surface area contributed by atoms with Crippen molar-refractivity contribution >= 4 is 22.8 Å². The Morgan fingerprint density at radius 3 is 2.32 bits per heavy atom. The highest BCUT2D eigenvalue weighted by atomic mass is 16.4. The molecule has 1 fully saturated rings. The number of aliphatic carboxylic acids is 1. The van der Waals surface area contributed by atoms with E-state index in [-0.39, 0.29) is 5.56 Å². The standard InChI is InChI=1S/C24H27N3O4/c1-2-25-10-12-26(13-11-25)22(24(30)31)20-16-27(15-17-6-4-3-5-7-17)21-9-8-18(23(28)29)14-19(20)21/h3-9,14,16,22H,2,10-13,15H2,1H3,(H,28,29)(H,30,31)/t22-/m0/s1. The Balaban J connectivity index is 1.79. The average Bonchev–Trinajstić information content (AvgIpc) is 3.12. The molecule has 1 atom stereocenters. The van der Waals surface area contributed by atoms with Crippen molar-refractivity contribution in [1.29, 1.82) is 0 Å². The molecule has 31 heavy (non-hydrogen) atoms. The van der Waals surface area contributed by atoms with Crippen molar-refractivity contribution in [3.63, 3.8) is 0 Å². The highest BCUT2D eigenvalue weighted by molar-refractivity contribution is 5.96. The third-order valence-corrected chi connectivity index (χ3v) is 6.10. The quantitative estimate of drug-likeness (QED) is 0.610. The number of piperazine rings is 1. The van der Waals surface area contributed by atoms with Crippen LogP contribution < -0.4 is 0 Å². The van der Waals surface area contributed by atoms with Gasteiger partial charge in [-0.05, 0) is 30.3 Å². The maximum Gasteiger partial charge on any atom is 0.335 e. The first-order valence-electron chi connectivity index (χ1n) is 10.6. The van der Waals surface area contributed by atoms with Crippen LogP contribution in [-0.4, -0.2) is 69.2 Å². The normalized spacial score (nSPS) is 16.4. The second kappa shape index (κ2) is 8.91. The van der Waals surface area contributed by atoms with Gasteiger partial charge in [0.25, 0.3) is 0 Å². The maximum atomic E-state index is 12.4. The number of aromatic carboxylic acids is 1. The SMILES string of the molecule is CCN1CCN([C@H](C(=O)O)c2cn(Cc3ccccc3)c3ccc(C(=O)O)cc23)CC1. The molecular formula is C24H27N3O4. The van der Waals surface area contributed by atoms with Crippen LogP contribution in [0.5, 0.6) is 0 Å². The molecule has 0 radical (unpaired) electrons. The fourth-order valence-electron chi connectivity index (χ4n) is 4.41. The predicted molar refractivity (Wildman–Crippen MR) is 119 cm³/mol. The Hall–Kier alpha value is -3.16. The van der Waals surface area contributed by atoms with Gasteiger partial charge >= 0.3 is 11.9 Å². The first kappa shape index (κ1) is 21.1. The Kier molecular flexibility index (Phi) is 6.06. The zero-order valence-corrected chi connectivity index (χ0v) is 17.6. The van der Waals surface area contributed by atoms with Gasteiger partial charge in [0.05, 0.1) is 5.56 Å². The summed E-state index contributed by atoms with van der Waals surface area (Å²) in [6.45, 7) is 6.61. The van der Waals surface area contributed by atoms with Crippen molar-refractivity contribution in [3.8, 4) is 0 Å². The first-order chi connectivity index (χ1) is 15.0. The van der Waals surface area contributed by atoms with E-state index < -0.39 is 18.0 Å². The van der Waals surface area contributed by atoms with Crippen molar-refractivity contribution in [2.75, 3.05) is 32.7 Å². The van der Waals surface area contributed by atoms with Gasteiger partial charge in [-0.15, -0.1) is 0 Å². The molecule has 2 heterocycles. The van der Waals surface area contributed by atoms with Crippen molar-refractivity contribution < 1.29 is 19.8 Å². The highest BCUT2D eigenvalue weighted by Crippen LogP contribution is 2.32. The van der Waals surface area contributed by atoms with E-state index in [1.54, 1.807) is 18.2 Å². The smallest absolute Gasteiger partial charge is 0.335 e. The van der Waals surface area contributed by atoms with Crippen LogP contribution in [0, 0.1) is 0 Å². The van der Waals surface area contributed by atoms with E-state index in [0.29, 0.717) is 30.6 Å². The lowest BCUT2D eigenvalue weighted by atomic mass is 10.0. The molecule has 1 aliphatic rings. The monoisotopic (exact) mass is 421 g/mol. The zero-order chi connectivity index (χ0) is 22.0. The minimum atomic E-state index is -1.02. The van der Waals surface area contributed by atoms with Gasteiger partial charge in [-0.1, -0.05) is 37.3 Å². The van der Waals surface area contributed by atoms with E-state index in [2.05, 4.69) is 11.8 Å². The van der Waals surface area contributed by atoms with E-state index in [1.807, 2.05) is 46.0 Å². The first-order valence-corrected chi connectivity index (χ1v) is 10.6. The Morgan fingerprint density at radius 2 is 1.71 bits per heavy atom. The Bertz CT molecular complexity index is 1080. The zero-order valence-electron chi connectivity index (χ0n) is 17.6. The molecule has 3 aromatic rings. The molecule has 2 aromatic carbocycles. The third kappa shape index (κ3) is 4.33. The van der Waals surface area contributed by atoms with Crippen molar-refractivity contribution in [2.24, 2.45) is 0 Å². The second-order valence-corrected chi connectivity index (χ2v) is 7.95. The Labute approximate surface area is 181 Å². The molecule has 0 amide bonds. The van der Waals surface area contributed by atoms with Gasteiger partial charge in [0.1, 0.15) is 6.04 Å². The van der Waals surface area contributed by atoms with Crippen LogP contribution in [0.3, 0.4) is 0 Å². The molecule has 1 saturated heterocycles. The number of hydrogen-bond donors (Lipinski definition) is 2. The number of aromatic nitrogens is 1. The Morgan fingerprint density at radius 1 is 1.00 bits per heavy atom. The number of carboxylic acid groups (broad SMARTS) is 2. The molecule has 0 bridgehead atoms. The highest BCUT2D eigenvalue weighted by Gasteiger charge is 2.32. The molecular weight excluding hydrogens is 394 g/mol. The molecule has 1 aliphatic heterocycles. The number of nitrogens with zero attached hydrogens (tertiary/aromatic N) is 3. The summed E-state index contributed by atoms with van der Waals surface area (Å²) in [7, 11) is 0. The minimum absolute atomic E-state index is 0.158. The molecule has 4 rings (SSSR count). The fraction of sp³-hybridized carbons (Fsp3) is 0.333. The van der Waals surface area contributed by atoms with Crippen molar-refractivity contribution in [2.45, 2.75) is 19.5 Å². The maximum absolute atomic E-state index is 12.4. The summed E-state index contributed by atoms with van der Waals surface area (Å²) in [4.78, 5) is 28.3. The van der Waals surface area contributed by atoms with Gasteiger partial charge in [0, 0.05) is 55.4 Å². The number of likely N-dealkylation sites (N-methyl/N-ethyl adjacent to an activating group) is 1. The predicted octanol–water partition coefficient (Wildman–Crippen LogP) is 3.15. The molecule has 1 aromatic heterocycles. The fourth-order valence-corrected chi connectivity index (χ4v) is 4.41. The van der Waals surface area contributed by atoms with Crippen LogP contribution in [0.25, 0.3) is 10.9 Å². The summed E-state index contributed by atoms with van der Waals surface area (Å²) in [5, 5.41) is 20.3. The van der Waals surface area contributed by atoms with Crippen LogP contribution in [0.2, 0.25) is 0 Å². The number of hydrogen-bond acceptors (Lipinski definition) is 4. The van der Waals surface area contributed by atoms with Gasteiger partial charge in [0.15, 0.2) is 0 Å². The van der Waals surface area contributed by atoms with E-state index in [1.165, 1.54) is 0 Å². The van der Waals surface area contributed by atoms with Crippen LogP contribution >= 0.6 is 0 Å². The molecule has 0 aliphatic carbocycles. The van der Waals surface area contributed by atoms with Gasteiger partial charge in [-0.3, -0.25) is 9.69 Å². The minimum Gasteiger partial charge on any atom is -0.480 e. The van der Waals surface area contributed by atoms with E-state index >= 15 is 0 Å². The molecule has 0 unspecified atom stereocenters. The molecule has 7 heteroatoms. The van der Waals surface area contributed by atoms with Crippen molar-refractivity contribution in [1.82, 2.24) is 14.4 Å². The number of benzene rings is 2. The van der Waals surface area contributed by atoms with Crippen LogP contribution in [0.4, 0.5) is 0 Å². The molecule has 7 nitrogen and oxygen atoms in total. The van der Waals surface area contributed by atoms with Crippen LogP contribution in [-0.2, 0) is 11.3 Å². The number of rotatable bonds is 7. The molecule has 2 N–H and O–H groups in total. The van der Waals surface area contributed by atoms with E-state index in [4.69, 9.17) is 0 Å². The van der Waals surface area contributed by atoms with Gasteiger partial charge in [-0.2, -0.15) is 0 Å². The third-order valence-electron chi connectivity index (χ3n) is 6.10. The summed E-state index contributed by atoms with van der Waals surface area (Å²) in [5.41, 5.74) is 2.73. The lowest BCUT2D eigenvalue weighted by Gasteiger charge is -2.37. The van der Waals surface area contributed by atoms with Gasteiger partial charge in [-0.25, -0.2) is 4.79 Å². The lowest BCUT2D eigenvalue weighted by molar-refractivity contribution is -0.144. The van der Waals surface area contributed by atoms with E-state index in [0.717, 1.165) is 30.7 Å². The second-order valence-electron chi connectivity index (χ2n) is 7.95. The summed E-state index contributed by atoms with van der Waals surface area (Å²) in [6.07, 6.45) is 1.88. The van der Waals surface area contributed by atoms with E-state index in [9.17, 15) is 19.8 Å². The van der Waals surface area contributed by atoms with Crippen LogP contribution in [0.15, 0.2) is 54.7 Å². The number of carbonyl (C=O) groups is 2. The van der Waals surface area contributed by atoms with Gasteiger partial charge < -0.3 is 19.7 Å². The lowest BCUT2D eigenvalue weighted by Crippen LogP contribution is -2.49. The van der Waals surface area contributed by atoms with Crippen molar-refractivity contribution in [3.05, 3.63) is 71.4 Å². The van der Waals surface area contributed by atoms with Crippen LogP contribution in [0.1, 0.15) is 34.5 Å². The largest absolute Gasteiger partial charge is 0.480 e. The molecule has 162 valence electrons. The summed E-state index contributed by atoms with van der Waals surface area (Å²) in [5.74, 6) is -1.93. The topological polar surface area (TPSA) is 86.0 Å². The summed E-state index contributed by atoms with van der Waals surface area (Å²) in [6, 6.07) is 14.1.